The fraction of sp³-hybridized carbons (Fsp3) is 0.200. The maximum atomic E-state index is 13.1. The average Bonchev–Trinajstić information content (AvgIpc) is 3.51. The highest BCUT2D eigenvalue weighted by atomic mass is 19.1. The standard InChI is InChI=1S/C30H27FN2O5/c1-19-15-25(20(2)33(19)23-11-12-28-29(16-23)38-18-37-28)27(34)17-36-30(35)24-5-3-4-6-26(24)32-14-13-21-7-9-22(31)10-8-21/h3-12,15-16,32H,13-14,17-18H2,1-2H3. The summed E-state index contributed by atoms with van der Waals surface area (Å²) in [5.74, 6) is 0.179. The number of carbonyl (C=O) groups is 2. The smallest absolute Gasteiger partial charge is 0.340 e. The summed E-state index contributed by atoms with van der Waals surface area (Å²) in [6, 6.07) is 20.7. The van der Waals surface area contributed by atoms with Crippen LogP contribution in [0.25, 0.3) is 5.69 Å². The van der Waals surface area contributed by atoms with Crippen LogP contribution in [-0.4, -0.2) is 36.3 Å². The van der Waals surface area contributed by atoms with Crippen molar-refractivity contribution in [3.8, 4) is 17.2 Å². The fourth-order valence-corrected chi connectivity index (χ4v) is 4.56. The van der Waals surface area contributed by atoms with Crippen LogP contribution in [0.1, 0.15) is 37.7 Å². The number of hydrogen-bond donors (Lipinski definition) is 1. The molecule has 0 bridgehead atoms. The van der Waals surface area contributed by atoms with E-state index in [-0.39, 0.29) is 25.0 Å². The van der Waals surface area contributed by atoms with E-state index in [0.29, 0.717) is 41.3 Å². The molecule has 0 unspecified atom stereocenters. The molecule has 2 heterocycles. The zero-order chi connectivity index (χ0) is 26.6. The van der Waals surface area contributed by atoms with Gasteiger partial charge in [0.05, 0.1) is 5.56 Å². The molecule has 1 aliphatic rings. The van der Waals surface area contributed by atoms with Crippen LogP contribution >= 0.6 is 0 Å². The molecule has 0 fully saturated rings. The number of ketones is 1. The molecule has 8 heteroatoms. The van der Waals surface area contributed by atoms with Crippen LogP contribution in [-0.2, 0) is 11.2 Å². The van der Waals surface area contributed by atoms with Crippen molar-refractivity contribution in [1.29, 1.82) is 0 Å². The summed E-state index contributed by atoms with van der Waals surface area (Å²) in [6.45, 7) is 4.11. The van der Waals surface area contributed by atoms with E-state index >= 15 is 0 Å². The second kappa shape index (κ2) is 10.8. The molecule has 194 valence electrons. The van der Waals surface area contributed by atoms with E-state index in [0.717, 1.165) is 22.6 Å². The van der Waals surface area contributed by atoms with Crippen molar-refractivity contribution in [2.75, 3.05) is 25.3 Å². The first kappa shape index (κ1) is 25.1. The average molecular weight is 515 g/mol. The maximum Gasteiger partial charge on any atom is 0.340 e. The molecule has 0 atom stereocenters. The van der Waals surface area contributed by atoms with Crippen molar-refractivity contribution < 1.29 is 28.2 Å². The summed E-state index contributed by atoms with van der Waals surface area (Å²) >= 11 is 0. The van der Waals surface area contributed by atoms with Gasteiger partial charge in [-0.1, -0.05) is 24.3 Å². The molecule has 0 amide bonds. The van der Waals surface area contributed by atoms with E-state index in [2.05, 4.69) is 5.32 Å². The fourth-order valence-electron chi connectivity index (χ4n) is 4.56. The van der Waals surface area contributed by atoms with E-state index < -0.39 is 5.97 Å². The number of halogens is 1. The molecular weight excluding hydrogens is 487 g/mol. The Hall–Kier alpha value is -4.59. The molecule has 0 radical (unpaired) electrons. The minimum absolute atomic E-state index is 0.185. The summed E-state index contributed by atoms with van der Waals surface area (Å²) in [7, 11) is 0. The van der Waals surface area contributed by atoms with Crippen molar-refractivity contribution in [1.82, 2.24) is 4.57 Å². The Balaban J connectivity index is 1.23. The predicted octanol–water partition coefficient (Wildman–Crippen LogP) is 5.66. The third kappa shape index (κ3) is 5.25. The Morgan fingerprint density at radius 3 is 2.53 bits per heavy atom. The van der Waals surface area contributed by atoms with Gasteiger partial charge in [0, 0.05) is 40.9 Å². The molecule has 0 aliphatic carbocycles. The number of hydrogen-bond acceptors (Lipinski definition) is 6. The summed E-state index contributed by atoms with van der Waals surface area (Å²) in [6.07, 6.45) is 0.654. The van der Waals surface area contributed by atoms with Gasteiger partial charge in [0.1, 0.15) is 5.82 Å². The van der Waals surface area contributed by atoms with Crippen molar-refractivity contribution in [2.45, 2.75) is 20.3 Å². The first-order chi connectivity index (χ1) is 18.4. The van der Waals surface area contributed by atoms with Gasteiger partial charge in [-0.05, 0) is 68.3 Å². The number of nitrogens with one attached hydrogen (secondary N) is 1. The third-order valence-electron chi connectivity index (χ3n) is 6.47. The highest BCUT2D eigenvalue weighted by Crippen LogP contribution is 2.35. The number of anilines is 1. The number of fused-ring (bicyclic) bond motifs is 1. The molecule has 1 aliphatic heterocycles. The quantitative estimate of drug-likeness (QED) is 0.230. The molecule has 0 saturated carbocycles. The predicted molar refractivity (Wildman–Crippen MR) is 141 cm³/mol. The van der Waals surface area contributed by atoms with Gasteiger partial charge < -0.3 is 24.1 Å². The number of benzene rings is 3. The lowest BCUT2D eigenvalue weighted by atomic mass is 10.1. The van der Waals surface area contributed by atoms with Crippen molar-refractivity contribution in [3.05, 3.63) is 107 Å². The van der Waals surface area contributed by atoms with Crippen LogP contribution < -0.4 is 14.8 Å². The molecule has 0 spiro atoms. The van der Waals surface area contributed by atoms with E-state index in [1.807, 2.05) is 42.7 Å². The zero-order valence-electron chi connectivity index (χ0n) is 21.1. The number of para-hydroxylation sites is 1. The summed E-state index contributed by atoms with van der Waals surface area (Å²) in [5, 5.41) is 3.23. The number of aromatic nitrogens is 1. The molecule has 1 aromatic heterocycles. The highest BCUT2D eigenvalue weighted by molar-refractivity contribution is 6.01. The topological polar surface area (TPSA) is 78.8 Å². The molecule has 5 rings (SSSR count). The normalized spacial score (nSPS) is 11.9. The zero-order valence-corrected chi connectivity index (χ0v) is 21.1. The Kier molecular flexibility index (Phi) is 7.13. The first-order valence-corrected chi connectivity index (χ1v) is 12.3. The summed E-state index contributed by atoms with van der Waals surface area (Å²) in [5.41, 5.74) is 4.86. The first-order valence-electron chi connectivity index (χ1n) is 12.3. The molecule has 3 aromatic carbocycles. The molecule has 4 aromatic rings. The number of ether oxygens (including phenoxy) is 3. The van der Waals surface area contributed by atoms with Gasteiger partial charge in [0.2, 0.25) is 12.6 Å². The Morgan fingerprint density at radius 1 is 0.947 bits per heavy atom. The molecule has 0 saturated heterocycles. The van der Waals surface area contributed by atoms with Crippen LogP contribution in [0, 0.1) is 19.7 Å². The molecule has 38 heavy (non-hydrogen) atoms. The minimum Gasteiger partial charge on any atom is -0.454 e. The van der Waals surface area contributed by atoms with E-state index in [1.54, 1.807) is 36.4 Å². The van der Waals surface area contributed by atoms with E-state index in [1.165, 1.54) is 12.1 Å². The monoisotopic (exact) mass is 514 g/mol. The number of Topliss-reactive ketones (excluding diaryl/α,β-unsaturated/α-hetero) is 1. The van der Waals surface area contributed by atoms with Crippen LogP contribution in [0.15, 0.2) is 72.8 Å². The van der Waals surface area contributed by atoms with Crippen molar-refractivity contribution >= 4 is 17.4 Å². The Morgan fingerprint density at radius 2 is 1.71 bits per heavy atom. The Labute approximate surface area is 219 Å². The van der Waals surface area contributed by atoms with Gasteiger partial charge in [0.25, 0.3) is 0 Å². The molecule has 7 nitrogen and oxygen atoms in total. The van der Waals surface area contributed by atoms with Gasteiger partial charge in [0.15, 0.2) is 18.1 Å². The van der Waals surface area contributed by atoms with Crippen LogP contribution in [0.4, 0.5) is 10.1 Å². The van der Waals surface area contributed by atoms with Gasteiger partial charge in [-0.25, -0.2) is 9.18 Å². The number of esters is 1. The number of rotatable bonds is 9. The third-order valence-corrected chi connectivity index (χ3v) is 6.47. The Bertz CT molecular complexity index is 1490. The van der Waals surface area contributed by atoms with Crippen LogP contribution in [0.5, 0.6) is 11.5 Å². The van der Waals surface area contributed by atoms with E-state index in [4.69, 9.17) is 14.2 Å². The van der Waals surface area contributed by atoms with Crippen LogP contribution in [0.3, 0.4) is 0 Å². The summed E-state index contributed by atoms with van der Waals surface area (Å²) in [4.78, 5) is 25.9. The highest BCUT2D eigenvalue weighted by Gasteiger charge is 2.21. The second-order valence-electron chi connectivity index (χ2n) is 9.01. The number of aryl methyl sites for hydroxylation is 1. The van der Waals surface area contributed by atoms with E-state index in [9.17, 15) is 14.0 Å². The van der Waals surface area contributed by atoms with Gasteiger partial charge >= 0.3 is 5.97 Å². The molecule has 1 N–H and O–H groups in total. The SMILES string of the molecule is Cc1cc(C(=O)COC(=O)c2ccccc2NCCc2ccc(F)cc2)c(C)n1-c1ccc2c(c1)OCO2. The van der Waals surface area contributed by atoms with Crippen LogP contribution in [0.2, 0.25) is 0 Å². The molecular formula is C30H27FN2O5. The second-order valence-corrected chi connectivity index (χ2v) is 9.01. The maximum absolute atomic E-state index is 13.1. The minimum atomic E-state index is -0.590. The number of carbonyl (C=O) groups excluding carboxylic acids is 2. The van der Waals surface area contributed by atoms with Gasteiger partial charge in [-0.2, -0.15) is 0 Å². The lowest BCUT2D eigenvalue weighted by Crippen LogP contribution is -2.17. The number of nitrogens with zero attached hydrogens (tertiary/aromatic N) is 1. The van der Waals surface area contributed by atoms with Gasteiger partial charge in [-0.3, -0.25) is 4.79 Å². The lowest BCUT2D eigenvalue weighted by molar-refractivity contribution is 0.0475. The lowest BCUT2D eigenvalue weighted by Gasteiger charge is -2.12. The van der Waals surface area contributed by atoms with Gasteiger partial charge in [-0.15, -0.1) is 0 Å². The summed E-state index contributed by atoms with van der Waals surface area (Å²) < 4.78 is 31.4. The largest absolute Gasteiger partial charge is 0.454 e. The van der Waals surface area contributed by atoms with Crippen molar-refractivity contribution in [2.24, 2.45) is 0 Å². The van der Waals surface area contributed by atoms with Crippen molar-refractivity contribution in [3.63, 3.8) is 0 Å².